The largest absolute Gasteiger partial charge is 0.381 e. The van der Waals surface area contributed by atoms with Crippen molar-refractivity contribution in [2.24, 2.45) is 28.2 Å². The maximum Gasteiger partial charge on any atom is 0.328 e. The average molecular weight is 514 g/mol. The number of anilines is 1. The van der Waals surface area contributed by atoms with Crippen LogP contribution in [0.2, 0.25) is 0 Å². The van der Waals surface area contributed by atoms with Crippen LogP contribution in [0.3, 0.4) is 0 Å². The van der Waals surface area contributed by atoms with Crippen molar-refractivity contribution < 1.29 is 4.39 Å². The number of aromatic nitrogens is 8. The van der Waals surface area contributed by atoms with E-state index in [0.29, 0.717) is 28.0 Å². The first-order valence-corrected chi connectivity index (χ1v) is 12.3. The molecule has 0 spiro atoms. The molecule has 0 saturated heterocycles. The number of hydrogen-bond donors (Lipinski definition) is 1. The minimum absolute atomic E-state index is 0.124. The SMILES string of the molecule is CC(C)Nc1cc(-n2c(-c3cncn3C)nc3cc(-c4cnn(C)c4)c(F)cc32)cc2c1n(C)c(=O)n2C. The fourth-order valence-electron chi connectivity index (χ4n) is 5.07. The summed E-state index contributed by atoms with van der Waals surface area (Å²) in [5.74, 6) is 0.232. The number of nitrogens with zero attached hydrogens (tertiary/aromatic N) is 8. The first kappa shape index (κ1) is 23.7. The molecule has 6 rings (SSSR count). The maximum atomic E-state index is 15.6. The van der Waals surface area contributed by atoms with E-state index < -0.39 is 0 Å². The zero-order valence-corrected chi connectivity index (χ0v) is 22.1. The topological polar surface area (TPSA) is 92.4 Å². The van der Waals surface area contributed by atoms with Gasteiger partial charge in [-0.05, 0) is 32.0 Å². The van der Waals surface area contributed by atoms with E-state index in [9.17, 15) is 4.79 Å². The summed E-state index contributed by atoms with van der Waals surface area (Å²) >= 11 is 0. The highest BCUT2D eigenvalue weighted by atomic mass is 19.1. The van der Waals surface area contributed by atoms with E-state index in [-0.39, 0.29) is 17.5 Å². The van der Waals surface area contributed by atoms with Gasteiger partial charge in [0.05, 0.1) is 52.2 Å². The third-order valence-corrected chi connectivity index (χ3v) is 6.85. The molecule has 11 heteroatoms. The van der Waals surface area contributed by atoms with Crippen molar-refractivity contribution in [1.29, 1.82) is 0 Å². The van der Waals surface area contributed by atoms with Crippen LogP contribution < -0.4 is 11.0 Å². The summed E-state index contributed by atoms with van der Waals surface area (Å²) in [6.07, 6.45) is 6.85. The Hall–Kier alpha value is -4.67. The van der Waals surface area contributed by atoms with E-state index in [1.807, 2.05) is 42.2 Å². The Morgan fingerprint density at radius 2 is 1.76 bits per heavy atom. The predicted molar refractivity (Wildman–Crippen MR) is 146 cm³/mol. The molecule has 6 aromatic rings. The molecule has 0 aliphatic rings. The lowest BCUT2D eigenvalue weighted by atomic mass is 10.1. The summed E-state index contributed by atoms with van der Waals surface area (Å²) in [7, 11) is 7.20. The predicted octanol–water partition coefficient (Wildman–Crippen LogP) is 3.98. The zero-order valence-electron chi connectivity index (χ0n) is 22.1. The number of halogens is 1. The fraction of sp³-hybridized carbons (Fsp3) is 0.259. The summed E-state index contributed by atoms with van der Waals surface area (Å²) in [5, 5.41) is 7.67. The Labute approximate surface area is 217 Å². The minimum atomic E-state index is -0.378. The van der Waals surface area contributed by atoms with Crippen LogP contribution in [-0.2, 0) is 28.2 Å². The molecular formula is C27H28FN9O. The Bertz CT molecular complexity index is 1910. The molecule has 0 atom stereocenters. The molecule has 0 saturated carbocycles. The molecule has 194 valence electrons. The Balaban J connectivity index is 1.70. The minimum Gasteiger partial charge on any atom is -0.381 e. The number of fused-ring (bicyclic) bond motifs is 2. The third kappa shape index (κ3) is 3.53. The van der Waals surface area contributed by atoms with Crippen LogP contribution in [0.1, 0.15) is 13.8 Å². The van der Waals surface area contributed by atoms with Crippen molar-refractivity contribution in [2.75, 3.05) is 5.32 Å². The molecule has 0 radical (unpaired) electrons. The van der Waals surface area contributed by atoms with Crippen molar-refractivity contribution in [1.82, 2.24) is 38.0 Å². The first-order chi connectivity index (χ1) is 18.1. The highest BCUT2D eigenvalue weighted by Crippen LogP contribution is 2.35. The van der Waals surface area contributed by atoms with Crippen molar-refractivity contribution in [3.05, 3.63) is 65.5 Å². The highest BCUT2D eigenvalue weighted by Gasteiger charge is 2.22. The number of aryl methyl sites for hydroxylation is 4. The van der Waals surface area contributed by atoms with Crippen LogP contribution in [0.15, 0.2) is 54.0 Å². The molecule has 10 nitrogen and oxygen atoms in total. The number of rotatable bonds is 5. The molecule has 0 amide bonds. The van der Waals surface area contributed by atoms with Gasteiger partial charge in [-0.15, -0.1) is 0 Å². The second-order valence-corrected chi connectivity index (χ2v) is 9.94. The number of hydrogen-bond acceptors (Lipinski definition) is 5. The number of benzene rings is 2. The molecule has 2 aromatic carbocycles. The van der Waals surface area contributed by atoms with Crippen LogP contribution in [-0.4, -0.2) is 44.1 Å². The van der Waals surface area contributed by atoms with Crippen LogP contribution in [0.4, 0.5) is 10.1 Å². The van der Waals surface area contributed by atoms with E-state index in [0.717, 1.165) is 28.1 Å². The molecule has 0 unspecified atom stereocenters. The van der Waals surface area contributed by atoms with E-state index >= 15 is 4.39 Å². The van der Waals surface area contributed by atoms with E-state index in [1.165, 1.54) is 6.07 Å². The monoisotopic (exact) mass is 513 g/mol. The van der Waals surface area contributed by atoms with E-state index in [2.05, 4.69) is 15.4 Å². The Morgan fingerprint density at radius 3 is 2.42 bits per heavy atom. The summed E-state index contributed by atoms with van der Waals surface area (Å²) < 4.78 is 24.3. The Morgan fingerprint density at radius 1 is 0.974 bits per heavy atom. The standard InChI is InChI=1S/C27H28FN9O/c1-15(2)31-21-7-17(8-23-25(21)36(6)27(38)35(23)5)37-22-10-19(28)18(16-11-30-34(4)13-16)9-20(22)32-26(37)24-12-29-14-33(24)3/h7-15,31H,1-6H3. The number of nitrogens with one attached hydrogen (secondary N) is 1. The normalized spacial score (nSPS) is 11.9. The van der Waals surface area contributed by atoms with Gasteiger partial charge < -0.3 is 9.88 Å². The second kappa shape index (κ2) is 8.44. The third-order valence-electron chi connectivity index (χ3n) is 6.85. The van der Waals surface area contributed by atoms with Gasteiger partial charge in [-0.25, -0.2) is 19.2 Å². The lowest BCUT2D eigenvalue weighted by Gasteiger charge is -2.16. The summed E-state index contributed by atoms with van der Waals surface area (Å²) in [5.41, 5.74) is 6.07. The first-order valence-electron chi connectivity index (χ1n) is 12.3. The number of imidazole rings is 3. The molecule has 4 aromatic heterocycles. The van der Waals surface area contributed by atoms with Gasteiger partial charge >= 0.3 is 5.69 Å². The van der Waals surface area contributed by atoms with E-state index in [4.69, 9.17) is 4.98 Å². The van der Waals surface area contributed by atoms with Gasteiger partial charge in [-0.1, -0.05) is 0 Å². The second-order valence-electron chi connectivity index (χ2n) is 9.94. The lowest BCUT2D eigenvalue weighted by molar-refractivity contribution is 0.632. The summed E-state index contributed by atoms with van der Waals surface area (Å²) in [6.45, 7) is 4.09. The maximum absolute atomic E-state index is 15.6. The lowest BCUT2D eigenvalue weighted by Crippen LogP contribution is -2.19. The molecule has 1 N–H and O–H groups in total. The van der Waals surface area contributed by atoms with Crippen molar-refractivity contribution in [3.63, 3.8) is 0 Å². The molecule has 0 aliphatic heterocycles. The van der Waals surface area contributed by atoms with Crippen LogP contribution in [0.5, 0.6) is 0 Å². The fourth-order valence-corrected chi connectivity index (χ4v) is 5.07. The zero-order chi connectivity index (χ0) is 26.9. The van der Waals surface area contributed by atoms with Gasteiger partial charge in [0.2, 0.25) is 0 Å². The molecule has 0 aliphatic carbocycles. The molecule has 0 bridgehead atoms. The molecular weight excluding hydrogens is 485 g/mol. The van der Waals surface area contributed by atoms with Crippen LogP contribution >= 0.6 is 0 Å². The van der Waals surface area contributed by atoms with Gasteiger partial charge in [0.1, 0.15) is 11.5 Å². The molecule has 0 fully saturated rings. The van der Waals surface area contributed by atoms with Gasteiger partial charge in [0.15, 0.2) is 5.82 Å². The van der Waals surface area contributed by atoms with Crippen molar-refractivity contribution in [2.45, 2.75) is 19.9 Å². The summed E-state index contributed by atoms with van der Waals surface area (Å²) in [6, 6.07) is 7.31. The molecule has 38 heavy (non-hydrogen) atoms. The molecule has 4 heterocycles. The summed E-state index contributed by atoms with van der Waals surface area (Å²) in [4.78, 5) is 22.1. The van der Waals surface area contributed by atoms with E-state index in [1.54, 1.807) is 65.9 Å². The van der Waals surface area contributed by atoms with Gasteiger partial charge in [-0.3, -0.25) is 18.4 Å². The van der Waals surface area contributed by atoms with Crippen LogP contribution in [0, 0.1) is 5.82 Å². The highest BCUT2D eigenvalue weighted by molar-refractivity contribution is 5.94. The smallest absolute Gasteiger partial charge is 0.328 e. The Kier molecular flexibility index (Phi) is 5.26. The quantitative estimate of drug-likeness (QED) is 0.377. The van der Waals surface area contributed by atoms with Gasteiger partial charge in [0.25, 0.3) is 0 Å². The average Bonchev–Trinajstić information content (AvgIpc) is 3.62. The van der Waals surface area contributed by atoms with Crippen molar-refractivity contribution in [3.8, 4) is 28.3 Å². The van der Waals surface area contributed by atoms with Gasteiger partial charge in [0, 0.05) is 57.6 Å². The van der Waals surface area contributed by atoms with Gasteiger partial charge in [-0.2, -0.15) is 5.10 Å². The van der Waals surface area contributed by atoms with Crippen LogP contribution in [0.25, 0.3) is 50.4 Å². The van der Waals surface area contributed by atoms with Crippen molar-refractivity contribution >= 4 is 27.8 Å².